The van der Waals surface area contributed by atoms with Crippen LogP contribution in [0.4, 0.5) is 0 Å². The molecule has 5 heteroatoms. The number of nitrogens with one attached hydrogen (secondary N) is 1. The molecule has 0 saturated carbocycles. The number of para-hydroxylation sites is 1. The lowest BCUT2D eigenvalue weighted by atomic mass is 9.99. The average molecular weight is 311 g/mol. The zero-order chi connectivity index (χ0) is 16.2. The second kappa shape index (κ2) is 6.52. The van der Waals surface area contributed by atoms with Crippen molar-refractivity contribution in [3.63, 3.8) is 0 Å². The predicted molar refractivity (Wildman–Crippen MR) is 84.5 cm³/mol. The van der Waals surface area contributed by atoms with Gasteiger partial charge in [0.25, 0.3) is 5.91 Å². The molecule has 1 heterocycles. The predicted octanol–water partition coefficient (Wildman–Crippen LogP) is 2.73. The highest BCUT2D eigenvalue weighted by molar-refractivity contribution is 6.05. The molecule has 1 aliphatic rings. The smallest absolute Gasteiger partial charge is 0.338 e. The monoisotopic (exact) mass is 311 g/mol. The molecule has 1 aliphatic heterocycles. The molecule has 0 radical (unpaired) electrons. The van der Waals surface area contributed by atoms with Gasteiger partial charge in [-0.3, -0.25) is 4.79 Å². The molecule has 0 spiro atoms. The molecule has 0 saturated heterocycles. The van der Waals surface area contributed by atoms with Gasteiger partial charge in [0, 0.05) is 12.0 Å². The standard InChI is InChI=1S/C18H17NO4/c1-22-18(21)13-7-3-2-6-12(13)17(20)19-15-10-11-23-16-9-5-4-8-14(15)16/h2-9,15H,10-11H2,1H3,(H,19,20). The minimum atomic E-state index is -0.525. The average Bonchev–Trinajstić information content (AvgIpc) is 2.61. The maximum atomic E-state index is 12.6. The van der Waals surface area contributed by atoms with Gasteiger partial charge in [0.05, 0.1) is 30.9 Å². The number of methoxy groups -OCH3 is 1. The summed E-state index contributed by atoms with van der Waals surface area (Å²) in [6.07, 6.45) is 0.684. The van der Waals surface area contributed by atoms with Crippen molar-refractivity contribution in [1.82, 2.24) is 5.32 Å². The number of hydrogen-bond acceptors (Lipinski definition) is 4. The zero-order valence-corrected chi connectivity index (χ0v) is 12.7. The van der Waals surface area contributed by atoms with Crippen LogP contribution in [0.2, 0.25) is 0 Å². The quantitative estimate of drug-likeness (QED) is 0.885. The molecule has 1 unspecified atom stereocenters. The summed E-state index contributed by atoms with van der Waals surface area (Å²) >= 11 is 0. The Morgan fingerprint density at radius 2 is 1.78 bits per heavy atom. The van der Waals surface area contributed by atoms with Crippen LogP contribution < -0.4 is 10.1 Å². The first kappa shape index (κ1) is 15.1. The van der Waals surface area contributed by atoms with Crippen LogP contribution in [0.3, 0.4) is 0 Å². The van der Waals surface area contributed by atoms with E-state index in [-0.39, 0.29) is 17.5 Å². The molecule has 1 atom stereocenters. The van der Waals surface area contributed by atoms with E-state index < -0.39 is 5.97 Å². The maximum Gasteiger partial charge on any atom is 0.338 e. The van der Waals surface area contributed by atoms with Crippen LogP contribution in [0.5, 0.6) is 5.75 Å². The second-order valence-corrected chi connectivity index (χ2v) is 5.24. The van der Waals surface area contributed by atoms with E-state index in [1.165, 1.54) is 7.11 Å². The SMILES string of the molecule is COC(=O)c1ccccc1C(=O)NC1CCOc2ccccc21. The summed E-state index contributed by atoms with van der Waals surface area (Å²) in [5.41, 5.74) is 1.51. The highest BCUT2D eigenvalue weighted by Crippen LogP contribution is 2.31. The van der Waals surface area contributed by atoms with Crippen LogP contribution in [-0.2, 0) is 4.74 Å². The fourth-order valence-electron chi connectivity index (χ4n) is 2.70. The van der Waals surface area contributed by atoms with E-state index in [0.717, 1.165) is 11.3 Å². The van der Waals surface area contributed by atoms with Gasteiger partial charge in [0.2, 0.25) is 0 Å². The van der Waals surface area contributed by atoms with Gasteiger partial charge < -0.3 is 14.8 Å². The number of fused-ring (bicyclic) bond motifs is 1. The van der Waals surface area contributed by atoms with Crippen LogP contribution >= 0.6 is 0 Å². The Kier molecular flexibility index (Phi) is 4.28. The lowest BCUT2D eigenvalue weighted by Gasteiger charge is -2.26. The van der Waals surface area contributed by atoms with E-state index in [1.54, 1.807) is 24.3 Å². The molecule has 23 heavy (non-hydrogen) atoms. The summed E-state index contributed by atoms with van der Waals surface area (Å²) < 4.78 is 10.3. The van der Waals surface area contributed by atoms with E-state index in [1.807, 2.05) is 24.3 Å². The fourth-order valence-corrected chi connectivity index (χ4v) is 2.70. The number of benzene rings is 2. The van der Waals surface area contributed by atoms with Crippen molar-refractivity contribution in [2.45, 2.75) is 12.5 Å². The topological polar surface area (TPSA) is 64.6 Å². The first-order chi connectivity index (χ1) is 11.2. The molecule has 0 aromatic heterocycles. The molecule has 1 N–H and O–H groups in total. The highest BCUT2D eigenvalue weighted by Gasteiger charge is 2.25. The van der Waals surface area contributed by atoms with Gasteiger partial charge in [0.15, 0.2) is 0 Å². The molecule has 3 rings (SSSR count). The van der Waals surface area contributed by atoms with Gasteiger partial charge in [-0.15, -0.1) is 0 Å². The van der Waals surface area contributed by atoms with Crippen LogP contribution in [-0.4, -0.2) is 25.6 Å². The third kappa shape index (κ3) is 3.04. The number of ether oxygens (including phenoxy) is 2. The van der Waals surface area contributed by atoms with Gasteiger partial charge >= 0.3 is 5.97 Å². The van der Waals surface area contributed by atoms with E-state index in [9.17, 15) is 9.59 Å². The minimum Gasteiger partial charge on any atom is -0.493 e. The molecule has 5 nitrogen and oxygen atoms in total. The molecule has 0 bridgehead atoms. The second-order valence-electron chi connectivity index (χ2n) is 5.24. The normalized spacial score (nSPS) is 16.0. The number of hydrogen-bond donors (Lipinski definition) is 1. The first-order valence-electron chi connectivity index (χ1n) is 7.40. The first-order valence-corrected chi connectivity index (χ1v) is 7.40. The largest absolute Gasteiger partial charge is 0.493 e. The van der Waals surface area contributed by atoms with Gasteiger partial charge in [0.1, 0.15) is 5.75 Å². The van der Waals surface area contributed by atoms with E-state index in [4.69, 9.17) is 9.47 Å². The van der Waals surface area contributed by atoms with Crippen LogP contribution in [0.15, 0.2) is 48.5 Å². The minimum absolute atomic E-state index is 0.141. The van der Waals surface area contributed by atoms with Crippen molar-refractivity contribution < 1.29 is 19.1 Å². The zero-order valence-electron chi connectivity index (χ0n) is 12.7. The van der Waals surface area contributed by atoms with Crippen molar-refractivity contribution >= 4 is 11.9 Å². The van der Waals surface area contributed by atoms with E-state index in [0.29, 0.717) is 18.6 Å². The van der Waals surface area contributed by atoms with Crippen molar-refractivity contribution in [1.29, 1.82) is 0 Å². The lowest BCUT2D eigenvalue weighted by molar-refractivity contribution is 0.0596. The Morgan fingerprint density at radius 3 is 2.57 bits per heavy atom. The van der Waals surface area contributed by atoms with Crippen LogP contribution in [0.1, 0.15) is 38.7 Å². The summed E-state index contributed by atoms with van der Waals surface area (Å²) in [6, 6.07) is 14.1. The Labute approximate surface area is 134 Å². The summed E-state index contributed by atoms with van der Waals surface area (Å²) in [7, 11) is 1.30. The fraction of sp³-hybridized carbons (Fsp3) is 0.222. The summed E-state index contributed by atoms with van der Waals surface area (Å²) in [5, 5.41) is 2.98. The van der Waals surface area contributed by atoms with Crippen LogP contribution in [0, 0.1) is 0 Å². The van der Waals surface area contributed by atoms with E-state index in [2.05, 4.69) is 5.32 Å². The van der Waals surface area contributed by atoms with Crippen molar-refractivity contribution in [2.24, 2.45) is 0 Å². The summed E-state index contributed by atoms with van der Waals surface area (Å²) in [4.78, 5) is 24.4. The van der Waals surface area contributed by atoms with Gasteiger partial charge in [-0.05, 0) is 18.2 Å². The van der Waals surface area contributed by atoms with E-state index >= 15 is 0 Å². The molecule has 118 valence electrons. The highest BCUT2D eigenvalue weighted by atomic mass is 16.5. The third-order valence-electron chi connectivity index (χ3n) is 3.84. The van der Waals surface area contributed by atoms with Gasteiger partial charge in [-0.2, -0.15) is 0 Å². The lowest BCUT2D eigenvalue weighted by Crippen LogP contribution is -2.33. The Bertz CT molecular complexity index is 741. The Hall–Kier alpha value is -2.82. The third-order valence-corrected chi connectivity index (χ3v) is 3.84. The summed E-state index contributed by atoms with van der Waals surface area (Å²) in [6.45, 7) is 0.542. The number of esters is 1. The van der Waals surface area contributed by atoms with Gasteiger partial charge in [-0.1, -0.05) is 30.3 Å². The number of carbonyl (C=O) groups is 2. The number of rotatable bonds is 3. The molecule has 2 aromatic carbocycles. The van der Waals surface area contributed by atoms with Crippen molar-refractivity contribution in [2.75, 3.05) is 13.7 Å². The molecule has 0 fully saturated rings. The van der Waals surface area contributed by atoms with Gasteiger partial charge in [-0.25, -0.2) is 4.79 Å². The maximum absolute atomic E-state index is 12.6. The number of amides is 1. The molecular weight excluding hydrogens is 294 g/mol. The summed E-state index contributed by atoms with van der Waals surface area (Å²) in [5.74, 6) is -0.0406. The van der Waals surface area contributed by atoms with Crippen molar-refractivity contribution in [3.05, 3.63) is 65.2 Å². The number of carbonyl (C=O) groups excluding carboxylic acids is 2. The van der Waals surface area contributed by atoms with Crippen molar-refractivity contribution in [3.8, 4) is 5.75 Å². The Balaban J connectivity index is 1.85. The molecular formula is C18H17NO4. The molecule has 1 amide bonds. The molecule has 0 aliphatic carbocycles. The van der Waals surface area contributed by atoms with Crippen LogP contribution in [0.25, 0.3) is 0 Å². The Morgan fingerprint density at radius 1 is 1.09 bits per heavy atom. The molecule has 2 aromatic rings.